The number of para-hydroxylation sites is 1. The summed E-state index contributed by atoms with van der Waals surface area (Å²) >= 11 is 0. The molecule has 132 valence electrons. The summed E-state index contributed by atoms with van der Waals surface area (Å²) in [5, 5.41) is 12.9. The molecule has 0 spiro atoms. The number of hydrogen-bond acceptors (Lipinski definition) is 4. The molecule has 0 unspecified atom stereocenters. The van der Waals surface area contributed by atoms with Crippen LogP contribution in [0.5, 0.6) is 11.5 Å². The SMILES string of the molecule is COc1ccc([C@H]2Nc3ccccc3C(=O)N2CC(F)(F)F)cc1O. The second-order valence-corrected chi connectivity index (χ2v) is 5.57. The maximum atomic E-state index is 13.0. The number of phenolic OH excluding ortho intramolecular Hbond substituents is 1. The van der Waals surface area contributed by atoms with Gasteiger partial charge in [-0.05, 0) is 29.8 Å². The fourth-order valence-electron chi connectivity index (χ4n) is 2.79. The van der Waals surface area contributed by atoms with Crippen LogP contribution in [0.2, 0.25) is 0 Å². The number of alkyl halides is 3. The topological polar surface area (TPSA) is 61.8 Å². The third kappa shape index (κ3) is 3.33. The molecule has 3 rings (SSSR count). The van der Waals surface area contributed by atoms with Crippen LogP contribution in [0, 0.1) is 0 Å². The van der Waals surface area contributed by atoms with Crippen LogP contribution in [-0.4, -0.2) is 35.7 Å². The van der Waals surface area contributed by atoms with Gasteiger partial charge in [-0.2, -0.15) is 13.2 Å². The fraction of sp³-hybridized carbons (Fsp3) is 0.235. The van der Waals surface area contributed by atoms with E-state index in [1.165, 1.54) is 31.4 Å². The van der Waals surface area contributed by atoms with Crippen LogP contribution in [0.15, 0.2) is 42.5 Å². The van der Waals surface area contributed by atoms with Gasteiger partial charge in [0, 0.05) is 5.69 Å². The van der Waals surface area contributed by atoms with E-state index in [0.29, 0.717) is 16.2 Å². The Morgan fingerprint density at radius 2 is 1.96 bits per heavy atom. The Balaban J connectivity index is 2.05. The molecule has 5 nitrogen and oxygen atoms in total. The minimum Gasteiger partial charge on any atom is -0.504 e. The Bertz CT molecular complexity index is 808. The number of halogens is 3. The molecule has 0 saturated heterocycles. The Kier molecular flexibility index (Phi) is 4.20. The van der Waals surface area contributed by atoms with Crippen LogP contribution in [0.3, 0.4) is 0 Å². The van der Waals surface area contributed by atoms with Crippen molar-refractivity contribution in [2.24, 2.45) is 0 Å². The number of carbonyl (C=O) groups excluding carboxylic acids is 1. The zero-order valence-electron chi connectivity index (χ0n) is 13.2. The van der Waals surface area contributed by atoms with Gasteiger partial charge in [-0.1, -0.05) is 18.2 Å². The van der Waals surface area contributed by atoms with Crippen molar-refractivity contribution < 1.29 is 27.8 Å². The van der Waals surface area contributed by atoms with E-state index in [2.05, 4.69) is 5.32 Å². The fourth-order valence-corrected chi connectivity index (χ4v) is 2.79. The first-order chi connectivity index (χ1) is 11.8. The molecule has 1 aliphatic heterocycles. The summed E-state index contributed by atoms with van der Waals surface area (Å²) < 4.78 is 43.9. The molecule has 1 heterocycles. The van der Waals surface area contributed by atoms with Crippen molar-refractivity contribution in [2.45, 2.75) is 12.3 Å². The zero-order chi connectivity index (χ0) is 18.2. The number of carbonyl (C=O) groups is 1. The number of nitrogens with one attached hydrogen (secondary N) is 1. The molecule has 2 aromatic rings. The van der Waals surface area contributed by atoms with Crippen molar-refractivity contribution in [3.8, 4) is 11.5 Å². The molecule has 1 aliphatic rings. The lowest BCUT2D eigenvalue weighted by atomic mass is 10.0. The molecule has 1 amide bonds. The first-order valence-electron chi connectivity index (χ1n) is 7.40. The average Bonchev–Trinajstić information content (AvgIpc) is 2.56. The van der Waals surface area contributed by atoms with Gasteiger partial charge < -0.3 is 20.1 Å². The van der Waals surface area contributed by atoms with Gasteiger partial charge in [-0.15, -0.1) is 0 Å². The van der Waals surface area contributed by atoms with Crippen molar-refractivity contribution in [1.29, 1.82) is 0 Å². The lowest BCUT2D eigenvalue weighted by molar-refractivity contribution is -0.144. The molecule has 0 bridgehead atoms. The van der Waals surface area contributed by atoms with Crippen molar-refractivity contribution in [2.75, 3.05) is 19.0 Å². The number of methoxy groups -OCH3 is 1. The van der Waals surface area contributed by atoms with E-state index in [4.69, 9.17) is 4.74 Å². The minimum absolute atomic E-state index is 0.167. The number of amides is 1. The lowest BCUT2D eigenvalue weighted by Crippen LogP contribution is -2.47. The van der Waals surface area contributed by atoms with Crippen LogP contribution >= 0.6 is 0 Å². The number of ether oxygens (including phenoxy) is 1. The van der Waals surface area contributed by atoms with Gasteiger partial charge in [0.25, 0.3) is 5.91 Å². The second kappa shape index (κ2) is 6.19. The van der Waals surface area contributed by atoms with Gasteiger partial charge in [0.1, 0.15) is 12.7 Å². The van der Waals surface area contributed by atoms with Gasteiger partial charge in [0.15, 0.2) is 11.5 Å². The van der Waals surface area contributed by atoms with Gasteiger partial charge in [0.05, 0.1) is 12.7 Å². The van der Waals surface area contributed by atoms with Gasteiger partial charge in [-0.3, -0.25) is 4.79 Å². The zero-order valence-corrected chi connectivity index (χ0v) is 13.2. The number of rotatable bonds is 3. The predicted octanol–water partition coefficient (Wildman–Crippen LogP) is 3.53. The van der Waals surface area contributed by atoms with E-state index in [9.17, 15) is 23.1 Å². The van der Waals surface area contributed by atoms with E-state index >= 15 is 0 Å². The molecule has 0 radical (unpaired) electrons. The van der Waals surface area contributed by atoms with Gasteiger partial charge >= 0.3 is 6.18 Å². The van der Waals surface area contributed by atoms with Crippen LogP contribution in [0.1, 0.15) is 22.1 Å². The molecule has 0 fully saturated rings. The Morgan fingerprint density at radius 1 is 1.24 bits per heavy atom. The summed E-state index contributed by atoms with van der Waals surface area (Å²) in [5.41, 5.74) is 0.914. The molecule has 1 atom stereocenters. The maximum absolute atomic E-state index is 13.0. The molecular weight excluding hydrogens is 337 g/mol. The standard InChI is InChI=1S/C17H15F3N2O3/c1-25-14-7-6-10(8-13(14)23)15-21-12-5-3-2-4-11(12)16(24)22(15)9-17(18,19)20/h2-8,15,21,23H,9H2,1H3/t15-/m0/s1. The number of hydrogen-bond donors (Lipinski definition) is 2. The Labute approximate surface area is 141 Å². The van der Waals surface area contributed by atoms with E-state index in [1.807, 2.05) is 0 Å². The molecular formula is C17H15F3N2O3. The average molecular weight is 352 g/mol. The monoisotopic (exact) mass is 352 g/mol. The molecule has 8 heteroatoms. The number of benzene rings is 2. The quantitative estimate of drug-likeness (QED) is 0.887. The Morgan fingerprint density at radius 3 is 2.60 bits per heavy atom. The van der Waals surface area contributed by atoms with Crippen LogP contribution in [0.4, 0.5) is 18.9 Å². The number of anilines is 1. The Hall–Kier alpha value is -2.90. The van der Waals surface area contributed by atoms with Gasteiger partial charge in [0.2, 0.25) is 0 Å². The molecule has 0 aromatic heterocycles. The highest BCUT2D eigenvalue weighted by Gasteiger charge is 2.40. The summed E-state index contributed by atoms with van der Waals surface area (Å²) in [7, 11) is 1.36. The van der Waals surface area contributed by atoms with Crippen LogP contribution < -0.4 is 10.1 Å². The van der Waals surface area contributed by atoms with E-state index in [1.54, 1.807) is 18.2 Å². The van der Waals surface area contributed by atoms with E-state index in [0.717, 1.165) is 0 Å². The summed E-state index contributed by atoms with van der Waals surface area (Å²) in [6.45, 7) is -1.41. The number of fused-ring (bicyclic) bond motifs is 1. The summed E-state index contributed by atoms with van der Waals surface area (Å²) in [5.74, 6) is -0.763. The third-order valence-electron chi connectivity index (χ3n) is 3.89. The highest BCUT2D eigenvalue weighted by molar-refractivity contribution is 6.01. The van der Waals surface area contributed by atoms with Crippen molar-refractivity contribution in [3.63, 3.8) is 0 Å². The molecule has 25 heavy (non-hydrogen) atoms. The van der Waals surface area contributed by atoms with Gasteiger partial charge in [-0.25, -0.2) is 0 Å². The second-order valence-electron chi connectivity index (χ2n) is 5.57. The smallest absolute Gasteiger partial charge is 0.406 e. The van der Waals surface area contributed by atoms with E-state index < -0.39 is 24.8 Å². The normalized spacial score (nSPS) is 17.0. The van der Waals surface area contributed by atoms with Crippen molar-refractivity contribution in [1.82, 2.24) is 4.90 Å². The van der Waals surface area contributed by atoms with Crippen molar-refractivity contribution in [3.05, 3.63) is 53.6 Å². The van der Waals surface area contributed by atoms with Crippen molar-refractivity contribution >= 4 is 11.6 Å². The summed E-state index contributed by atoms with van der Waals surface area (Å²) in [4.78, 5) is 13.3. The summed E-state index contributed by atoms with van der Waals surface area (Å²) in [6.07, 6.45) is -5.63. The lowest BCUT2D eigenvalue weighted by Gasteiger charge is -2.38. The molecule has 0 aliphatic carbocycles. The minimum atomic E-state index is -4.56. The maximum Gasteiger partial charge on any atom is 0.406 e. The molecule has 2 aromatic carbocycles. The largest absolute Gasteiger partial charge is 0.504 e. The van der Waals surface area contributed by atoms with Crippen LogP contribution in [0.25, 0.3) is 0 Å². The third-order valence-corrected chi connectivity index (χ3v) is 3.89. The molecule has 0 saturated carbocycles. The number of aromatic hydroxyl groups is 1. The van der Waals surface area contributed by atoms with E-state index in [-0.39, 0.29) is 17.1 Å². The first kappa shape index (κ1) is 16.9. The number of phenols is 1. The number of nitrogens with zero attached hydrogens (tertiary/aromatic N) is 1. The first-order valence-corrected chi connectivity index (χ1v) is 7.40. The van der Waals surface area contributed by atoms with Crippen LogP contribution in [-0.2, 0) is 0 Å². The predicted molar refractivity (Wildman–Crippen MR) is 84.6 cm³/mol. The highest BCUT2D eigenvalue weighted by atomic mass is 19.4. The molecule has 2 N–H and O–H groups in total. The highest BCUT2D eigenvalue weighted by Crippen LogP contribution is 2.37. The summed E-state index contributed by atoms with van der Waals surface area (Å²) in [6, 6.07) is 10.6.